The predicted molar refractivity (Wildman–Crippen MR) is 121 cm³/mol. The van der Waals surface area contributed by atoms with Crippen LogP contribution in [0.1, 0.15) is 29.0 Å². The molecular weight excluding hydrogens is 468 g/mol. The quantitative estimate of drug-likeness (QED) is 0.211. The third-order valence-corrected chi connectivity index (χ3v) is 5.90. The maximum Gasteiger partial charge on any atom is 0.269 e. The molecule has 0 spiro atoms. The van der Waals surface area contributed by atoms with Crippen molar-refractivity contribution in [3.8, 4) is 0 Å². The number of oxime groups is 1. The molecule has 0 N–H and O–H groups in total. The molecule has 2 unspecified atom stereocenters. The summed E-state index contributed by atoms with van der Waals surface area (Å²) < 4.78 is 1.00. The molecule has 0 bridgehead atoms. The fraction of sp³-hybridized carbons (Fsp3) is 0.174. The van der Waals surface area contributed by atoms with Crippen molar-refractivity contribution in [1.82, 2.24) is 0 Å². The molecule has 3 aromatic rings. The molecule has 7 heteroatoms. The minimum atomic E-state index is -0.418. The van der Waals surface area contributed by atoms with E-state index >= 15 is 0 Å². The van der Waals surface area contributed by atoms with Crippen LogP contribution in [0.5, 0.6) is 0 Å². The predicted octanol–water partition coefficient (Wildman–Crippen LogP) is 6.74. The molecule has 2 atom stereocenters. The summed E-state index contributed by atoms with van der Waals surface area (Å²) in [5.41, 5.74) is 4.04. The second-order valence-electron chi connectivity index (χ2n) is 7.18. The lowest BCUT2D eigenvalue weighted by Gasteiger charge is -2.08. The summed E-state index contributed by atoms with van der Waals surface area (Å²) in [6.45, 7) is 0.246. The van der Waals surface area contributed by atoms with E-state index in [1.165, 1.54) is 17.7 Å². The van der Waals surface area contributed by atoms with Gasteiger partial charge in [-0.3, -0.25) is 10.1 Å². The SMILES string of the molecule is O=[N+]([O-])c1ccc(CON=C(c2ccc(Br)cc2)C2CC2c2ccc(Cl)cc2)cc1. The van der Waals surface area contributed by atoms with Gasteiger partial charge in [-0.2, -0.15) is 0 Å². The maximum atomic E-state index is 10.8. The summed E-state index contributed by atoms with van der Waals surface area (Å²) in [5.74, 6) is 0.650. The normalized spacial score (nSPS) is 18.1. The van der Waals surface area contributed by atoms with E-state index in [9.17, 15) is 10.1 Å². The molecule has 0 aromatic heterocycles. The summed E-state index contributed by atoms with van der Waals surface area (Å²) >= 11 is 9.48. The first-order valence-corrected chi connectivity index (χ1v) is 10.6. The van der Waals surface area contributed by atoms with Crippen molar-refractivity contribution in [2.75, 3.05) is 0 Å². The molecule has 0 aliphatic heterocycles. The van der Waals surface area contributed by atoms with E-state index in [0.717, 1.165) is 32.8 Å². The summed E-state index contributed by atoms with van der Waals surface area (Å²) in [5, 5.41) is 16.0. The standard InChI is InChI=1S/C23H18BrClN2O3/c24-18-7-3-17(4-8-18)23(22-13-21(22)16-5-9-19(25)10-6-16)26-30-14-15-1-11-20(12-2-15)27(28)29/h1-12,21-22H,13-14H2. The Balaban J connectivity index is 1.51. The number of benzene rings is 3. The highest BCUT2D eigenvalue weighted by Crippen LogP contribution is 2.49. The summed E-state index contributed by atoms with van der Waals surface area (Å²) in [4.78, 5) is 16.0. The monoisotopic (exact) mass is 484 g/mol. The number of hydrogen-bond donors (Lipinski definition) is 0. The van der Waals surface area contributed by atoms with E-state index in [1.54, 1.807) is 12.1 Å². The fourth-order valence-electron chi connectivity index (χ4n) is 3.42. The van der Waals surface area contributed by atoms with Crippen molar-refractivity contribution < 1.29 is 9.76 Å². The van der Waals surface area contributed by atoms with Gasteiger partial charge in [-0.1, -0.05) is 57.0 Å². The molecule has 1 aliphatic carbocycles. The van der Waals surface area contributed by atoms with E-state index < -0.39 is 4.92 Å². The highest BCUT2D eigenvalue weighted by Gasteiger charge is 2.43. The third kappa shape index (κ3) is 4.89. The molecule has 0 heterocycles. The van der Waals surface area contributed by atoms with Crippen molar-refractivity contribution in [3.05, 3.63) is 109 Å². The summed E-state index contributed by atoms with van der Waals surface area (Å²) in [7, 11) is 0. The molecule has 0 saturated heterocycles. The van der Waals surface area contributed by atoms with Crippen LogP contribution in [0, 0.1) is 16.0 Å². The molecule has 3 aromatic carbocycles. The van der Waals surface area contributed by atoms with Crippen LogP contribution in [0.25, 0.3) is 0 Å². The molecule has 0 amide bonds. The zero-order valence-electron chi connectivity index (χ0n) is 15.9. The van der Waals surface area contributed by atoms with Gasteiger partial charge in [-0.15, -0.1) is 0 Å². The van der Waals surface area contributed by atoms with Crippen molar-refractivity contribution >= 4 is 38.9 Å². The van der Waals surface area contributed by atoms with Crippen molar-refractivity contribution in [2.45, 2.75) is 18.9 Å². The maximum absolute atomic E-state index is 10.8. The third-order valence-electron chi connectivity index (χ3n) is 5.12. The van der Waals surface area contributed by atoms with Gasteiger partial charge in [0, 0.05) is 27.5 Å². The Morgan fingerprint density at radius 2 is 1.73 bits per heavy atom. The highest BCUT2D eigenvalue weighted by molar-refractivity contribution is 9.10. The second kappa shape index (κ2) is 8.98. The van der Waals surface area contributed by atoms with E-state index in [0.29, 0.717) is 5.92 Å². The van der Waals surface area contributed by atoms with Gasteiger partial charge in [0.05, 0.1) is 10.6 Å². The van der Waals surface area contributed by atoms with Crippen LogP contribution in [-0.4, -0.2) is 10.6 Å². The van der Waals surface area contributed by atoms with Gasteiger partial charge in [0.1, 0.15) is 6.61 Å². The molecule has 0 radical (unpaired) electrons. The Kier molecular flexibility index (Phi) is 6.16. The van der Waals surface area contributed by atoms with Crippen molar-refractivity contribution in [2.24, 2.45) is 11.1 Å². The first-order valence-electron chi connectivity index (χ1n) is 9.46. The van der Waals surface area contributed by atoms with E-state index in [2.05, 4.69) is 33.2 Å². The number of halogens is 2. The Labute approximate surface area is 187 Å². The van der Waals surface area contributed by atoms with Gasteiger partial charge in [-0.05, 0) is 65.4 Å². The second-order valence-corrected chi connectivity index (χ2v) is 8.53. The average molecular weight is 486 g/mol. The van der Waals surface area contributed by atoms with Crippen LogP contribution < -0.4 is 0 Å². The number of rotatable bonds is 7. The van der Waals surface area contributed by atoms with E-state index in [1.807, 2.05) is 36.4 Å². The van der Waals surface area contributed by atoms with Crippen LogP contribution in [0.2, 0.25) is 5.02 Å². The lowest BCUT2D eigenvalue weighted by molar-refractivity contribution is -0.384. The average Bonchev–Trinajstić information content (AvgIpc) is 3.53. The molecule has 1 aliphatic rings. The lowest BCUT2D eigenvalue weighted by atomic mass is 10.0. The zero-order valence-corrected chi connectivity index (χ0v) is 18.2. The molecule has 4 rings (SSSR count). The minimum Gasteiger partial charge on any atom is -0.391 e. The van der Waals surface area contributed by atoms with Crippen molar-refractivity contribution in [3.63, 3.8) is 0 Å². The van der Waals surface area contributed by atoms with Gasteiger partial charge in [0.2, 0.25) is 0 Å². The first kappa shape index (κ1) is 20.6. The molecule has 1 fully saturated rings. The Morgan fingerprint density at radius 3 is 2.37 bits per heavy atom. The number of hydrogen-bond acceptors (Lipinski definition) is 4. The van der Waals surface area contributed by atoms with Crippen LogP contribution >= 0.6 is 27.5 Å². The van der Waals surface area contributed by atoms with Crippen LogP contribution in [0.3, 0.4) is 0 Å². The minimum absolute atomic E-state index is 0.0570. The summed E-state index contributed by atoms with van der Waals surface area (Å²) in [6, 6.07) is 22.3. The van der Waals surface area contributed by atoms with Crippen LogP contribution in [-0.2, 0) is 11.4 Å². The number of nitro benzene ring substituents is 1. The molecule has 152 valence electrons. The van der Waals surface area contributed by atoms with Crippen LogP contribution in [0.15, 0.2) is 82.4 Å². The van der Waals surface area contributed by atoms with Gasteiger partial charge in [-0.25, -0.2) is 0 Å². The van der Waals surface area contributed by atoms with Gasteiger partial charge >= 0.3 is 0 Å². The number of nitrogens with zero attached hydrogens (tertiary/aromatic N) is 2. The fourth-order valence-corrected chi connectivity index (χ4v) is 3.81. The first-order chi connectivity index (χ1) is 14.5. The van der Waals surface area contributed by atoms with Crippen molar-refractivity contribution in [1.29, 1.82) is 0 Å². The Morgan fingerprint density at radius 1 is 1.07 bits per heavy atom. The Hall–Kier alpha value is -2.70. The van der Waals surface area contributed by atoms with Gasteiger partial charge < -0.3 is 4.84 Å². The molecule has 5 nitrogen and oxygen atoms in total. The van der Waals surface area contributed by atoms with E-state index in [4.69, 9.17) is 16.4 Å². The largest absolute Gasteiger partial charge is 0.391 e. The lowest BCUT2D eigenvalue weighted by Crippen LogP contribution is -2.06. The summed E-state index contributed by atoms with van der Waals surface area (Å²) in [6.07, 6.45) is 0.997. The topological polar surface area (TPSA) is 64.7 Å². The van der Waals surface area contributed by atoms with Gasteiger partial charge in [0.15, 0.2) is 0 Å². The smallest absolute Gasteiger partial charge is 0.269 e. The molecule has 30 heavy (non-hydrogen) atoms. The number of nitro groups is 1. The number of non-ortho nitro benzene ring substituents is 1. The van der Waals surface area contributed by atoms with Crippen LogP contribution in [0.4, 0.5) is 5.69 Å². The molecule has 1 saturated carbocycles. The Bertz CT molecular complexity index is 1070. The molecular formula is C23H18BrClN2O3. The zero-order chi connectivity index (χ0) is 21.1. The highest BCUT2D eigenvalue weighted by atomic mass is 79.9. The van der Waals surface area contributed by atoms with E-state index in [-0.39, 0.29) is 18.2 Å². The van der Waals surface area contributed by atoms with Gasteiger partial charge in [0.25, 0.3) is 5.69 Å².